The van der Waals surface area contributed by atoms with Gasteiger partial charge in [-0.1, -0.05) is 59.9 Å². The zero-order valence-corrected chi connectivity index (χ0v) is 25.5. The molecule has 10 heteroatoms. The summed E-state index contributed by atoms with van der Waals surface area (Å²) in [7, 11) is 1.70. The minimum atomic E-state index is -0.377. The molecule has 3 N–H and O–H groups in total. The van der Waals surface area contributed by atoms with Gasteiger partial charge in [-0.3, -0.25) is 19.4 Å². The quantitative estimate of drug-likeness (QED) is 0.0812. The van der Waals surface area contributed by atoms with Crippen molar-refractivity contribution in [2.24, 2.45) is 16.8 Å². The molecule has 38 heavy (non-hydrogen) atoms. The number of nitrogens with zero attached hydrogens (tertiary/aromatic N) is 3. The summed E-state index contributed by atoms with van der Waals surface area (Å²) < 4.78 is 5.38. The van der Waals surface area contributed by atoms with Crippen LogP contribution < -0.4 is 11.2 Å². The molecule has 0 aromatic heterocycles. The zero-order valence-electron chi connectivity index (χ0n) is 24.6. The van der Waals surface area contributed by atoms with Crippen LogP contribution in [0.4, 0.5) is 0 Å². The van der Waals surface area contributed by atoms with Crippen molar-refractivity contribution in [2.45, 2.75) is 93.0 Å². The van der Waals surface area contributed by atoms with Crippen LogP contribution >= 0.6 is 11.8 Å². The Balaban J connectivity index is 0.00000326. The second-order valence-corrected chi connectivity index (χ2v) is 9.87. The maximum atomic E-state index is 13.0. The minimum Gasteiger partial charge on any atom is -0.443 e. The number of amidine groups is 1. The van der Waals surface area contributed by atoms with Crippen LogP contribution in [0.5, 0.6) is 0 Å². The summed E-state index contributed by atoms with van der Waals surface area (Å²) in [6.07, 6.45) is 5.63. The number of amides is 2. The lowest BCUT2D eigenvalue weighted by Crippen LogP contribution is -2.37. The monoisotopic (exact) mass is 551 g/mol. The standard InChI is InChI=1S/C24H37N5O4S.2C2H6/c1-6-34-24(28(5)15-33-23(32)19-10-8-12-26-19)27-22(31)18-9-7-11-20(17(4)14-18)29(25)21(30)13-16(2)3;2*1-2/h6,14,16,19,26H,1,7-13,15,25H2,2-5H3;2*1-2H3. The molecule has 216 valence electrons. The molecular weight excluding hydrogens is 502 g/mol. The van der Waals surface area contributed by atoms with E-state index < -0.39 is 0 Å². The Kier molecular flexibility index (Phi) is 18.4. The van der Waals surface area contributed by atoms with Crippen molar-refractivity contribution in [3.8, 4) is 0 Å². The molecule has 0 spiro atoms. The fourth-order valence-electron chi connectivity index (χ4n) is 3.77. The summed E-state index contributed by atoms with van der Waals surface area (Å²) in [5.74, 6) is 5.48. The predicted octanol–water partition coefficient (Wildman–Crippen LogP) is 5.12. The topological polar surface area (TPSA) is 117 Å². The van der Waals surface area contributed by atoms with E-state index in [9.17, 15) is 14.4 Å². The lowest BCUT2D eigenvalue weighted by Gasteiger charge is -2.22. The number of hydrogen-bond acceptors (Lipinski definition) is 7. The van der Waals surface area contributed by atoms with Gasteiger partial charge in [0.2, 0.25) is 5.91 Å². The number of hydrogen-bond donors (Lipinski definition) is 2. The van der Waals surface area contributed by atoms with Crippen molar-refractivity contribution in [1.29, 1.82) is 0 Å². The first-order valence-electron chi connectivity index (χ1n) is 13.6. The van der Waals surface area contributed by atoms with Gasteiger partial charge in [0.15, 0.2) is 11.9 Å². The molecule has 0 bridgehead atoms. The number of carbonyl (C=O) groups excluding carboxylic acids is 3. The van der Waals surface area contributed by atoms with Crippen molar-refractivity contribution in [1.82, 2.24) is 15.2 Å². The predicted molar refractivity (Wildman–Crippen MR) is 158 cm³/mol. The highest BCUT2D eigenvalue weighted by molar-refractivity contribution is 8.16. The molecule has 1 unspecified atom stereocenters. The van der Waals surface area contributed by atoms with Gasteiger partial charge in [-0.05, 0) is 68.5 Å². The summed E-state index contributed by atoms with van der Waals surface area (Å²) in [4.78, 5) is 43.5. The van der Waals surface area contributed by atoms with E-state index in [-0.39, 0.29) is 36.5 Å². The molecule has 1 aliphatic carbocycles. The lowest BCUT2D eigenvalue weighted by molar-refractivity contribution is -0.148. The smallest absolute Gasteiger partial charge is 0.324 e. The third-order valence-corrected chi connectivity index (χ3v) is 6.36. The van der Waals surface area contributed by atoms with E-state index in [4.69, 9.17) is 10.6 Å². The summed E-state index contributed by atoms with van der Waals surface area (Å²) in [6, 6.07) is -0.280. The lowest BCUT2D eigenvalue weighted by atomic mass is 10.1. The van der Waals surface area contributed by atoms with Crippen LogP contribution in [0.2, 0.25) is 0 Å². The van der Waals surface area contributed by atoms with E-state index in [1.807, 2.05) is 48.5 Å². The summed E-state index contributed by atoms with van der Waals surface area (Å²) in [5.41, 5.74) is 2.04. The van der Waals surface area contributed by atoms with Gasteiger partial charge in [0.1, 0.15) is 6.04 Å². The zero-order chi connectivity index (χ0) is 29.3. The summed E-state index contributed by atoms with van der Waals surface area (Å²) in [6.45, 7) is 18.3. The number of nitrogens with two attached hydrogens (primary N) is 1. The van der Waals surface area contributed by atoms with Crippen molar-refractivity contribution < 1.29 is 19.1 Å². The fraction of sp³-hybridized carbons (Fsp3) is 0.643. The molecule has 2 amide bonds. The van der Waals surface area contributed by atoms with Crippen molar-refractivity contribution in [2.75, 3.05) is 20.3 Å². The molecule has 0 saturated carbocycles. The molecule has 9 nitrogen and oxygen atoms in total. The molecule has 0 radical (unpaired) electrons. The average Bonchev–Trinajstić information content (AvgIpc) is 3.38. The molecule has 1 aliphatic heterocycles. The van der Waals surface area contributed by atoms with Crippen LogP contribution in [-0.2, 0) is 19.1 Å². The van der Waals surface area contributed by atoms with E-state index in [1.165, 1.54) is 16.8 Å². The van der Waals surface area contributed by atoms with E-state index in [1.54, 1.807) is 23.4 Å². The molecule has 1 fully saturated rings. The van der Waals surface area contributed by atoms with Crippen LogP contribution in [0.3, 0.4) is 0 Å². The first kappa shape index (κ1) is 35.6. The van der Waals surface area contributed by atoms with Crippen LogP contribution in [0, 0.1) is 5.92 Å². The highest BCUT2D eigenvalue weighted by Crippen LogP contribution is 2.26. The Morgan fingerprint density at radius 1 is 1.24 bits per heavy atom. The van der Waals surface area contributed by atoms with Crippen LogP contribution in [0.15, 0.2) is 39.9 Å². The van der Waals surface area contributed by atoms with E-state index in [0.717, 1.165) is 30.7 Å². The van der Waals surface area contributed by atoms with Crippen LogP contribution in [0.25, 0.3) is 0 Å². The van der Waals surface area contributed by atoms with Crippen LogP contribution in [-0.4, -0.2) is 59.2 Å². The van der Waals surface area contributed by atoms with Crippen LogP contribution in [0.1, 0.15) is 87.0 Å². The Morgan fingerprint density at radius 2 is 1.89 bits per heavy atom. The Bertz CT molecular complexity index is 876. The molecule has 2 aliphatic rings. The van der Waals surface area contributed by atoms with Gasteiger partial charge in [0.25, 0.3) is 5.91 Å². The SMILES string of the molecule is C=CSC(=NC(=O)C1=CC(C)=C(N(N)C(=O)CC(C)C)CCC1)N(C)COC(=O)C1CCCN1.CC.CC. The first-order valence-corrected chi connectivity index (χ1v) is 14.5. The highest BCUT2D eigenvalue weighted by atomic mass is 32.2. The molecular formula is C28H49N5O4S. The number of rotatable bonds is 8. The first-order chi connectivity index (χ1) is 18.1. The number of allylic oxidation sites excluding steroid dienone is 3. The van der Waals surface area contributed by atoms with E-state index >= 15 is 0 Å². The Labute approximate surface area is 234 Å². The second kappa shape index (κ2) is 19.6. The van der Waals surface area contributed by atoms with E-state index in [2.05, 4.69) is 16.9 Å². The third kappa shape index (κ3) is 12.0. The normalized spacial score (nSPS) is 17.3. The second-order valence-electron chi connectivity index (χ2n) is 8.94. The summed E-state index contributed by atoms with van der Waals surface area (Å²) >= 11 is 1.18. The highest BCUT2D eigenvalue weighted by Gasteiger charge is 2.25. The minimum absolute atomic E-state index is 0.0216. The largest absolute Gasteiger partial charge is 0.443 e. The van der Waals surface area contributed by atoms with Gasteiger partial charge in [0.05, 0.1) is 0 Å². The maximum absolute atomic E-state index is 13.0. The number of ether oxygens (including phenoxy) is 1. The van der Waals surface area contributed by atoms with Gasteiger partial charge in [0, 0.05) is 24.7 Å². The number of nitrogens with one attached hydrogen (secondary N) is 1. The average molecular weight is 552 g/mol. The number of esters is 1. The molecule has 0 aromatic carbocycles. The van der Waals surface area contributed by atoms with Crippen molar-refractivity contribution >= 4 is 34.7 Å². The number of carbonyl (C=O) groups is 3. The summed E-state index contributed by atoms with van der Waals surface area (Å²) in [5, 5.41) is 6.28. The Hall–Kier alpha value is -2.43. The Morgan fingerprint density at radius 3 is 2.45 bits per heavy atom. The number of hydrazine groups is 1. The van der Waals surface area contributed by atoms with Gasteiger partial charge in [-0.2, -0.15) is 4.99 Å². The van der Waals surface area contributed by atoms with Gasteiger partial charge in [-0.15, -0.1) is 0 Å². The third-order valence-electron chi connectivity index (χ3n) is 5.58. The molecule has 1 atom stereocenters. The fourth-order valence-corrected chi connectivity index (χ4v) is 4.29. The molecule has 0 aromatic rings. The molecule has 1 heterocycles. The van der Waals surface area contributed by atoms with Gasteiger partial charge in [-0.25, -0.2) is 5.84 Å². The number of thioether (sulfide) groups is 1. The van der Waals surface area contributed by atoms with Crippen molar-refractivity contribution in [3.05, 3.63) is 34.9 Å². The maximum Gasteiger partial charge on any atom is 0.324 e. The molecule has 1 saturated heterocycles. The van der Waals surface area contributed by atoms with Crippen molar-refractivity contribution in [3.63, 3.8) is 0 Å². The van der Waals surface area contributed by atoms with Gasteiger partial charge < -0.3 is 15.0 Å². The molecule has 2 rings (SSSR count). The van der Waals surface area contributed by atoms with E-state index in [0.29, 0.717) is 36.4 Å². The number of aliphatic imine (C=N–C) groups is 1. The van der Waals surface area contributed by atoms with Gasteiger partial charge >= 0.3 is 5.97 Å².